The van der Waals surface area contributed by atoms with Crippen LogP contribution in [-0.4, -0.2) is 17.8 Å². The highest BCUT2D eigenvalue weighted by Crippen LogP contribution is 2.40. The molecule has 2 aliphatic carbocycles. The lowest BCUT2D eigenvalue weighted by atomic mass is 9.69. The maximum absolute atomic E-state index is 12.1. The molecule has 0 aromatic heterocycles. The zero-order valence-electron chi connectivity index (χ0n) is 12.5. The molecule has 0 aromatic rings. The van der Waals surface area contributed by atoms with Crippen LogP contribution in [0.4, 0.5) is 0 Å². The van der Waals surface area contributed by atoms with Gasteiger partial charge in [0.05, 0.1) is 5.38 Å². The molecule has 110 valence electrons. The molecule has 2 aliphatic rings. The molecule has 1 N–H and O–H groups in total. The van der Waals surface area contributed by atoms with Gasteiger partial charge in [0.15, 0.2) is 0 Å². The first kappa shape index (κ1) is 15.2. The van der Waals surface area contributed by atoms with E-state index in [4.69, 9.17) is 11.6 Å². The molecule has 2 fully saturated rings. The Morgan fingerprint density at radius 3 is 2.21 bits per heavy atom. The van der Waals surface area contributed by atoms with Gasteiger partial charge in [-0.3, -0.25) is 4.79 Å². The Labute approximate surface area is 122 Å². The van der Waals surface area contributed by atoms with Crippen LogP contribution in [0.15, 0.2) is 0 Å². The number of amides is 1. The zero-order chi connectivity index (χ0) is 14.0. The maximum atomic E-state index is 12.1. The van der Waals surface area contributed by atoms with Crippen molar-refractivity contribution in [3.8, 4) is 0 Å². The molecule has 0 heterocycles. The summed E-state index contributed by atoms with van der Waals surface area (Å²) in [6, 6.07) is 0. The summed E-state index contributed by atoms with van der Waals surface area (Å²) < 4.78 is 0. The first-order chi connectivity index (χ1) is 8.88. The summed E-state index contributed by atoms with van der Waals surface area (Å²) in [5, 5.41) is 3.20. The highest BCUT2D eigenvalue weighted by atomic mass is 35.5. The molecule has 0 radical (unpaired) electrons. The molecule has 2 nitrogen and oxygen atoms in total. The van der Waals surface area contributed by atoms with Crippen LogP contribution in [0.25, 0.3) is 0 Å². The van der Waals surface area contributed by atoms with E-state index in [9.17, 15) is 4.79 Å². The predicted molar refractivity (Wildman–Crippen MR) is 80.3 cm³/mol. The van der Waals surface area contributed by atoms with Crippen LogP contribution in [0.3, 0.4) is 0 Å². The van der Waals surface area contributed by atoms with Gasteiger partial charge in [0.2, 0.25) is 5.91 Å². The number of hydrogen-bond acceptors (Lipinski definition) is 1. The molecule has 1 atom stereocenters. The van der Waals surface area contributed by atoms with Crippen molar-refractivity contribution in [1.29, 1.82) is 0 Å². The monoisotopic (exact) mass is 285 g/mol. The summed E-state index contributed by atoms with van der Waals surface area (Å²) in [6.45, 7) is 7.59. The van der Waals surface area contributed by atoms with Crippen LogP contribution in [0.2, 0.25) is 0 Å². The topological polar surface area (TPSA) is 29.1 Å². The lowest BCUT2D eigenvalue weighted by Crippen LogP contribution is -2.38. The predicted octanol–water partition coefficient (Wildman–Crippen LogP) is 3.97. The Morgan fingerprint density at radius 1 is 1.16 bits per heavy atom. The minimum Gasteiger partial charge on any atom is -0.354 e. The molecule has 0 saturated heterocycles. The van der Waals surface area contributed by atoms with Crippen molar-refractivity contribution in [2.45, 2.75) is 64.7 Å². The standard InChI is InChI=1S/C16H28ClNO/c1-16(2,3)13-8-6-12(7-9-13)15(19)18-10-14(17)11-4-5-11/h11-14H,4-10H2,1-3H3,(H,18,19). The van der Waals surface area contributed by atoms with Gasteiger partial charge in [0.25, 0.3) is 0 Å². The van der Waals surface area contributed by atoms with Crippen LogP contribution in [-0.2, 0) is 4.79 Å². The summed E-state index contributed by atoms with van der Waals surface area (Å²) in [4.78, 5) is 12.1. The summed E-state index contributed by atoms with van der Waals surface area (Å²) in [7, 11) is 0. The molecule has 2 saturated carbocycles. The van der Waals surface area contributed by atoms with Crippen LogP contribution < -0.4 is 5.32 Å². The van der Waals surface area contributed by atoms with Crippen molar-refractivity contribution in [3.63, 3.8) is 0 Å². The molecule has 0 aromatic carbocycles. The number of carbonyl (C=O) groups is 1. The molecular formula is C16H28ClNO. The fourth-order valence-corrected chi connectivity index (χ4v) is 3.52. The Balaban J connectivity index is 1.70. The molecule has 0 spiro atoms. The van der Waals surface area contributed by atoms with Gasteiger partial charge in [0.1, 0.15) is 0 Å². The Morgan fingerprint density at radius 2 is 1.74 bits per heavy atom. The quantitative estimate of drug-likeness (QED) is 0.778. The third kappa shape index (κ3) is 4.37. The third-order valence-electron chi connectivity index (χ3n) is 4.93. The number of halogens is 1. The highest BCUT2D eigenvalue weighted by molar-refractivity contribution is 6.21. The highest BCUT2D eigenvalue weighted by Gasteiger charge is 2.33. The van der Waals surface area contributed by atoms with Crippen molar-refractivity contribution >= 4 is 17.5 Å². The van der Waals surface area contributed by atoms with Gasteiger partial charge < -0.3 is 5.32 Å². The second-order valence-corrected chi connectivity index (χ2v) is 8.07. The minimum atomic E-state index is 0.148. The van der Waals surface area contributed by atoms with E-state index in [0.29, 0.717) is 17.9 Å². The molecule has 1 amide bonds. The first-order valence-corrected chi connectivity index (χ1v) is 8.23. The van der Waals surface area contributed by atoms with Gasteiger partial charge in [0, 0.05) is 12.5 Å². The summed E-state index contributed by atoms with van der Waals surface area (Å²) >= 11 is 6.23. The Bertz CT molecular complexity index is 311. The normalized spacial score (nSPS) is 29.9. The van der Waals surface area contributed by atoms with E-state index in [2.05, 4.69) is 26.1 Å². The van der Waals surface area contributed by atoms with Crippen molar-refractivity contribution in [1.82, 2.24) is 5.32 Å². The van der Waals surface area contributed by atoms with Crippen molar-refractivity contribution in [2.75, 3.05) is 6.54 Å². The van der Waals surface area contributed by atoms with Crippen molar-refractivity contribution in [2.24, 2.45) is 23.2 Å². The lowest BCUT2D eigenvalue weighted by Gasteiger charge is -2.36. The van der Waals surface area contributed by atoms with Gasteiger partial charge >= 0.3 is 0 Å². The molecule has 0 aliphatic heterocycles. The molecular weight excluding hydrogens is 258 g/mol. The van der Waals surface area contributed by atoms with E-state index >= 15 is 0 Å². The number of alkyl halides is 1. The van der Waals surface area contributed by atoms with Gasteiger partial charge in [-0.05, 0) is 55.8 Å². The van der Waals surface area contributed by atoms with E-state index in [-0.39, 0.29) is 17.2 Å². The van der Waals surface area contributed by atoms with Gasteiger partial charge in [-0.2, -0.15) is 0 Å². The smallest absolute Gasteiger partial charge is 0.223 e. The van der Waals surface area contributed by atoms with E-state index in [1.807, 2.05) is 0 Å². The largest absolute Gasteiger partial charge is 0.354 e. The summed E-state index contributed by atoms with van der Waals surface area (Å²) in [6.07, 6.45) is 6.94. The summed E-state index contributed by atoms with van der Waals surface area (Å²) in [5.41, 5.74) is 0.384. The SMILES string of the molecule is CC(C)(C)C1CCC(C(=O)NCC(Cl)C2CC2)CC1. The molecule has 1 unspecified atom stereocenters. The number of rotatable bonds is 4. The Hall–Kier alpha value is -0.240. The third-order valence-corrected chi connectivity index (χ3v) is 5.44. The van der Waals surface area contributed by atoms with Gasteiger partial charge in [-0.25, -0.2) is 0 Å². The number of hydrogen-bond donors (Lipinski definition) is 1. The molecule has 0 bridgehead atoms. The average molecular weight is 286 g/mol. The minimum absolute atomic E-state index is 0.148. The van der Waals surface area contributed by atoms with Crippen molar-refractivity contribution < 1.29 is 4.79 Å². The first-order valence-electron chi connectivity index (χ1n) is 7.79. The van der Waals surface area contributed by atoms with Crippen molar-refractivity contribution in [3.05, 3.63) is 0 Å². The Kier molecular flexibility index (Phi) is 4.81. The fraction of sp³-hybridized carbons (Fsp3) is 0.938. The van der Waals surface area contributed by atoms with Gasteiger partial charge in [-0.15, -0.1) is 11.6 Å². The van der Waals surface area contributed by atoms with Crippen LogP contribution >= 0.6 is 11.6 Å². The van der Waals surface area contributed by atoms with E-state index in [0.717, 1.165) is 18.8 Å². The average Bonchev–Trinajstić information content (AvgIpc) is 3.19. The van der Waals surface area contributed by atoms with E-state index in [1.165, 1.54) is 25.7 Å². The van der Waals surface area contributed by atoms with E-state index < -0.39 is 0 Å². The van der Waals surface area contributed by atoms with Gasteiger partial charge in [-0.1, -0.05) is 20.8 Å². The van der Waals surface area contributed by atoms with Crippen LogP contribution in [0, 0.1) is 23.2 Å². The van der Waals surface area contributed by atoms with E-state index in [1.54, 1.807) is 0 Å². The fourth-order valence-electron chi connectivity index (χ4n) is 3.19. The summed E-state index contributed by atoms with van der Waals surface area (Å²) in [5.74, 6) is 1.88. The van der Waals surface area contributed by atoms with Crippen LogP contribution in [0.1, 0.15) is 59.3 Å². The lowest BCUT2D eigenvalue weighted by molar-refractivity contribution is -0.126. The maximum Gasteiger partial charge on any atom is 0.223 e. The number of nitrogens with one attached hydrogen (secondary N) is 1. The second-order valence-electron chi connectivity index (χ2n) is 7.51. The second kappa shape index (κ2) is 6.03. The molecule has 19 heavy (non-hydrogen) atoms. The van der Waals surface area contributed by atoms with Crippen LogP contribution in [0.5, 0.6) is 0 Å². The zero-order valence-corrected chi connectivity index (χ0v) is 13.3. The molecule has 2 rings (SSSR count). The number of carbonyl (C=O) groups excluding carboxylic acids is 1. The molecule has 3 heteroatoms.